The minimum absolute atomic E-state index is 0.417. The standard InChI is InChI=1S/C9H9N3O3/c1-6-10-4-7(5-11-6)12-8(13)2-3-9(14)15/h2-5H,1H3,(H,12,13)(H,14,15)/b3-2+. The number of rotatable bonds is 3. The first kappa shape index (κ1) is 10.8. The van der Waals surface area contributed by atoms with Crippen LogP contribution in [0.2, 0.25) is 0 Å². The van der Waals surface area contributed by atoms with Gasteiger partial charge in [-0.05, 0) is 6.92 Å². The predicted octanol–water partition coefficient (Wildman–Crippen LogP) is 0.364. The molecule has 1 rings (SSSR count). The molecule has 1 aromatic heterocycles. The molecule has 2 N–H and O–H groups in total. The summed E-state index contributed by atoms with van der Waals surface area (Å²) in [4.78, 5) is 28.9. The number of nitrogens with one attached hydrogen (secondary N) is 1. The Bertz CT molecular complexity index is 398. The molecule has 6 nitrogen and oxygen atoms in total. The van der Waals surface area contributed by atoms with E-state index in [1.165, 1.54) is 12.4 Å². The van der Waals surface area contributed by atoms with Gasteiger partial charge in [-0.3, -0.25) is 4.79 Å². The molecule has 1 aromatic rings. The van der Waals surface area contributed by atoms with E-state index in [0.29, 0.717) is 11.5 Å². The molecule has 0 atom stereocenters. The third-order valence-electron chi connectivity index (χ3n) is 1.43. The molecule has 0 aromatic carbocycles. The molecule has 1 amide bonds. The number of carboxylic acids is 1. The van der Waals surface area contributed by atoms with Crippen LogP contribution in [0.3, 0.4) is 0 Å². The molecule has 0 aliphatic carbocycles. The number of hydrogen-bond acceptors (Lipinski definition) is 4. The van der Waals surface area contributed by atoms with E-state index in [9.17, 15) is 9.59 Å². The Hall–Kier alpha value is -2.24. The SMILES string of the molecule is Cc1ncc(NC(=O)/C=C/C(=O)O)cn1. The fourth-order valence-electron chi connectivity index (χ4n) is 0.788. The first-order valence-corrected chi connectivity index (χ1v) is 4.08. The summed E-state index contributed by atoms with van der Waals surface area (Å²) in [6.07, 6.45) is 4.55. The van der Waals surface area contributed by atoms with Gasteiger partial charge in [0.25, 0.3) is 0 Å². The molecular weight excluding hydrogens is 198 g/mol. The molecule has 0 spiro atoms. The normalized spacial score (nSPS) is 10.2. The highest BCUT2D eigenvalue weighted by Crippen LogP contribution is 2.01. The molecule has 15 heavy (non-hydrogen) atoms. The third-order valence-corrected chi connectivity index (χ3v) is 1.43. The minimum Gasteiger partial charge on any atom is -0.478 e. The Morgan fingerprint density at radius 2 is 1.93 bits per heavy atom. The summed E-state index contributed by atoms with van der Waals surface area (Å²) in [5.74, 6) is -1.12. The second kappa shape index (κ2) is 4.85. The molecule has 0 unspecified atom stereocenters. The van der Waals surface area contributed by atoms with E-state index in [-0.39, 0.29) is 0 Å². The Morgan fingerprint density at radius 3 is 2.47 bits per heavy atom. The number of amides is 1. The van der Waals surface area contributed by atoms with Crippen LogP contribution < -0.4 is 5.32 Å². The third kappa shape index (κ3) is 3.99. The molecular formula is C9H9N3O3. The molecule has 0 aliphatic heterocycles. The van der Waals surface area contributed by atoms with E-state index < -0.39 is 11.9 Å². The van der Waals surface area contributed by atoms with E-state index in [1.807, 2.05) is 0 Å². The first-order chi connectivity index (χ1) is 7.08. The van der Waals surface area contributed by atoms with Crippen LogP contribution >= 0.6 is 0 Å². The first-order valence-electron chi connectivity index (χ1n) is 4.08. The van der Waals surface area contributed by atoms with Gasteiger partial charge in [-0.1, -0.05) is 0 Å². The van der Waals surface area contributed by atoms with Crippen molar-refractivity contribution >= 4 is 17.6 Å². The van der Waals surface area contributed by atoms with Crippen molar-refractivity contribution in [3.05, 3.63) is 30.4 Å². The van der Waals surface area contributed by atoms with Crippen molar-refractivity contribution < 1.29 is 14.7 Å². The van der Waals surface area contributed by atoms with Crippen molar-refractivity contribution in [2.45, 2.75) is 6.92 Å². The Labute approximate surface area is 85.7 Å². The van der Waals surface area contributed by atoms with Crippen LogP contribution in [0.5, 0.6) is 0 Å². The van der Waals surface area contributed by atoms with E-state index in [2.05, 4.69) is 15.3 Å². The summed E-state index contributed by atoms with van der Waals surface area (Å²) < 4.78 is 0. The van der Waals surface area contributed by atoms with Gasteiger partial charge in [0.15, 0.2) is 0 Å². The van der Waals surface area contributed by atoms with Crippen molar-refractivity contribution in [3.8, 4) is 0 Å². The number of carbonyl (C=O) groups excluding carboxylic acids is 1. The minimum atomic E-state index is -1.18. The van der Waals surface area contributed by atoms with Crippen molar-refractivity contribution in [3.63, 3.8) is 0 Å². The molecule has 78 valence electrons. The van der Waals surface area contributed by atoms with Crippen molar-refractivity contribution in [1.29, 1.82) is 0 Å². The average Bonchev–Trinajstić information content (AvgIpc) is 2.19. The van der Waals surface area contributed by atoms with E-state index in [1.54, 1.807) is 6.92 Å². The van der Waals surface area contributed by atoms with E-state index in [4.69, 9.17) is 5.11 Å². The smallest absolute Gasteiger partial charge is 0.328 e. The summed E-state index contributed by atoms with van der Waals surface area (Å²) in [7, 11) is 0. The number of carboxylic acid groups (broad SMARTS) is 1. The number of aromatic nitrogens is 2. The molecule has 0 saturated heterocycles. The fourth-order valence-corrected chi connectivity index (χ4v) is 0.788. The van der Waals surface area contributed by atoms with Gasteiger partial charge in [0.2, 0.25) is 5.91 Å². The van der Waals surface area contributed by atoms with Gasteiger partial charge < -0.3 is 10.4 Å². The van der Waals surface area contributed by atoms with Gasteiger partial charge in [0.05, 0.1) is 18.1 Å². The quantitative estimate of drug-likeness (QED) is 0.698. The van der Waals surface area contributed by atoms with Crippen molar-refractivity contribution in [2.75, 3.05) is 5.32 Å². The number of hydrogen-bond donors (Lipinski definition) is 2. The van der Waals surface area contributed by atoms with Crippen LogP contribution in [0.25, 0.3) is 0 Å². The Kier molecular flexibility index (Phi) is 3.50. The predicted molar refractivity (Wildman–Crippen MR) is 52.2 cm³/mol. The van der Waals surface area contributed by atoms with Crippen molar-refractivity contribution in [1.82, 2.24) is 9.97 Å². The molecule has 0 fully saturated rings. The maximum absolute atomic E-state index is 11.1. The number of aliphatic carboxylic acids is 1. The molecule has 1 heterocycles. The monoisotopic (exact) mass is 207 g/mol. The number of carbonyl (C=O) groups is 2. The molecule has 0 bridgehead atoms. The van der Waals surface area contributed by atoms with Gasteiger partial charge in [-0.25, -0.2) is 14.8 Å². The van der Waals surface area contributed by atoms with Gasteiger partial charge >= 0.3 is 5.97 Å². The topological polar surface area (TPSA) is 92.2 Å². The number of nitrogens with zero attached hydrogens (tertiary/aromatic N) is 2. The largest absolute Gasteiger partial charge is 0.478 e. The molecule has 0 saturated carbocycles. The second-order valence-electron chi connectivity index (χ2n) is 2.68. The van der Waals surface area contributed by atoms with Crippen LogP contribution in [-0.4, -0.2) is 27.0 Å². The summed E-state index contributed by atoms with van der Waals surface area (Å²) >= 11 is 0. The average molecular weight is 207 g/mol. The van der Waals surface area contributed by atoms with Crippen LogP contribution in [0.15, 0.2) is 24.5 Å². The van der Waals surface area contributed by atoms with Gasteiger partial charge in [-0.2, -0.15) is 0 Å². The number of anilines is 1. The highest BCUT2D eigenvalue weighted by atomic mass is 16.4. The summed E-state index contributed by atoms with van der Waals surface area (Å²) in [6, 6.07) is 0. The maximum atomic E-state index is 11.1. The second-order valence-corrected chi connectivity index (χ2v) is 2.68. The zero-order valence-corrected chi connectivity index (χ0v) is 7.97. The lowest BCUT2D eigenvalue weighted by Crippen LogP contribution is -2.09. The van der Waals surface area contributed by atoms with Crippen LogP contribution in [0.1, 0.15) is 5.82 Å². The fraction of sp³-hybridized carbons (Fsp3) is 0.111. The highest BCUT2D eigenvalue weighted by Gasteiger charge is 1.99. The molecule has 6 heteroatoms. The lowest BCUT2D eigenvalue weighted by Gasteiger charge is -2.00. The zero-order valence-electron chi connectivity index (χ0n) is 7.97. The lowest BCUT2D eigenvalue weighted by molar-refractivity contribution is -0.131. The molecule has 0 radical (unpaired) electrons. The highest BCUT2D eigenvalue weighted by molar-refractivity contribution is 6.02. The van der Waals surface area contributed by atoms with E-state index >= 15 is 0 Å². The summed E-state index contributed by atoms with van der Waals surface area (Å²) in [5.41, 5.74) is 0.417. The Morgan fingerprint density at radius 1 is 1.33 bits per heavy atom. The zero-order chi connectivity index (χ0) is 11.3. The maximum Gasteiger partial charge on any atom is 0.328 e. The Balaban J connectivity index is 2.59. The number of aryl methyl sites for hydroxylation is 1. The summed E-state index contributed by atoms with van der Waals surface area (Å²) in [5, 5.41) is 10.7. The van der Waals surface area contributed by atoms with Gasteiger partial charge in [0.1, 0.15) is 5.82 Å². The van der Waals surface area contributed by atoms with Gasteiger partial charge in [-0.15, -0.1) is 0 Å². The van der Waals surface area contributed by atoms with Crippen LogP contribution in [-0.2, 0) is 9.59 Å². The van der Waals surface area contributed by atoms with Crippen LogP contribution in [0.4, 0.5) is 5.69 Å². The summed E-state index contributed by atoms with van der Waals surface area (Å²) in [6.45, 7) is 1.72. The van der Waals surface area contributed by atoms with Gasteiger partial charge in [0, 0.05) is 12.2 Å². The lowest BCUT2D eigenvalue weighted by atomic mass is 10.4. The van der Waals surface area contributed by atoms with E-state index in [0.717, 1.165) is 12.2 Å². The van der Waals surface area contributed by atoms with Crippen LogP contribution in [0, 0.1) is 6.92 Å². The van der Waals surface area contributed by atoms with Crippen molar-refractivity contribution in [2.24, 2.45) is 0 Å². The molecule has 0 aliphatic rings.